The number of nitrogens with two attached hydrogens (primary N) is 1. The van der Waals surface area contributed by atoms with Crippen molar-refractivity contribution in [1.29, 1.82) is 0 Å². The third-order valence-electron chi connectivity index (χ3n) is 1.12. The van der Waals surface area contributed by atoms with Crippen LogP contribution in [0.1, 0.15) is 5.82 Å². The Morgan fingerprint density at radius 1 is 1.31 bits per heavy atom. The molecule has 2 N–H and O–H groups in total. The Morgan fingerprint density at radius 2 is 1.85 bits per heavy atom. The Bertz CT molecular complexity index is 317. The highest BCUT2D eigenvalue weighted by Crippen LogP contribution is 2.29. The average Bonchev–Trinajstić information content (AvgIpc) is 1.97. The highest BCUT2D eigenvalue weighted by molar-refractivity contribution is 7.58. The molecule has 1 heterocycles. The number of nitrogen functional groups attached to an aromatic ring is 1. The maximum absolute atomic E-state index is 12.0. The van der Waals surface area contributed by atoms with Gasteiger partial charge in [-0.25, -0.2) is 4.98 Å². The van der Waals surface area contributed by atoms with E-state index in [0.717, 1.165) is 0 Å². The molecule has 3 nitrogen and oxygen atoms in total. The first-order valence-electron chi connectivity index (χ1n) is 2.89. The molecule has 1 aromatic rings. The van der Waals surface area contributed by atoms with Crippen LogP contribution >= 0.6 is 11.6 Å². The molecule has 0 unspecified atom stereocenters. The number of halogens is 4. The Balaban J connectivity index is 3.29. The minimum absolute atomic E-state index is 0.218. The summed E-state index contributed by atoms with van der Waals surface area (Å²) < 4.78 is 36.0. The van der Waals surface area contributed by atoms with Gasteiger partial charge in [0.2, 0.25) is 5.82 Å². The molecular weight excluding hydrogens is 227 g/mol. The molecule has 13 heavy (non-hydrogen) atoms. The fraction of sp³-hybridized carbons (Fsp3) is 0.200. The monoisotopic (exact) mass is 228 g/mol. The highest BCUT2D eigenvalue weighted by atomic mass is 35.5. The molecule has 0 aliphatic rings. The first kappa shape index (κ1) is 10.3. The lowest BCUT2D eigenvalue weighted by molar-refractivity contribution is -0.145. The molecule has 72 valence electrons. The van der Waals surface area contributed by atoms with Crippen LogP contribution in [0.25, 0.3) is 0 Å². The van der Waals surface area contributed by atoms with Crippen molar-refractivity contribution in [3.63, 3.8) is 0 Å². The van der Waals surface area contributed by atoms with E-state index in [1.165, 1.54) is 0 Å². The standard InChI is InChI=1S/C5H3ClF3N3S/c6-2-1(10)3(13)12-4(11-2)5(7,8)9/h10H2,(H,11,12,13)/p-1. The fourth-order valence-corrected chi connectivity index (χ4v) is 0.958. The second kappa shape index (κ2) is 3.15. The Kier molecular flexibility index (Phi) is 2.49. The van der Waals surface area contributed by atoms with Crippen molar-refractivity contribution in [2.24, 2.45) is 0 Å². The minimum Gasteiger partial charge on any atom is -0.758 e. The Hall–Kier alpha value is -0.820. The van der Waals surface area contributed by atoms with E-state index in [-0.39, 0.29) is 5.69 Å². The molecule has 0 aliphatic carbocycles. The van der Waals surface area contributed by atoms with Gasteiger partial charge in [0, 0.05) is 0 Å². The zero-order valence-corrected chi connectivity index (χ0v) is 7.46. The smallest absolute Gasteiger partial charge is 0.451 e. The molecule has 0 radical (unpaired) electrons. The molecule has 0 atom stereocenters. The van der Waals surface area contributed by atoms with Crippen molar-refractivity contribution in [1.82, 2.24) is 9.97 Å². The van der Waals surface area contributed by atoms with Crippen LogP contribution in [-0.2, 0) is 18.8 Å². The Labute approximate surface area is 81.5 Å². The lowest BCUT2D eigenvalue weighted by Gasteiger charge is -2.13. The maximum atomic E-state index is 12.0. The predicted molar refractivity (Wildman–Crippen MR) is 42.1 cm³/mol. The largest absolute Gasteiger partial charge is 0.758 e. The zero-order chi connectivity index (χ0) is 10.2. The Morgan fingerprint density at radius 3 is 2.23 bits per heavy atom. The van der Waals surface area contributed by atoms with Gasteiger partial charge in [-0.15, -0.1) is 0 Å². The van der Waals surface area contributed by atoms with Gasteiger partial charge < -0.3 is 18.4 Å². The van der Waals surface area contributed by atoms with E-state index in [1.54, 1.807) is 0 Å². The molecule has 8 heteroatoms. The van der Waals surface area contributed by atoms with E-state index in [9.17, 15) is 13.2 Å². The van der Waals surface area contributed by atoms with E-state index in [2.05, 4.69) is 22.6 Å². The van der Waals surface area contributed by atoms with Crippen molar-refractivity contribution < 1.29 is 13.2 Å². The van der Waals surface area contributed by atoms with Crippen LogP contribution < -0.4 is 5.73 Å². The highest BCUT2D eigenvalue weighted by Gasteiger charge is 2.35. The summed E-state index contributed by atoms with van der Waals surface area (Å²) in [6.07, 6.45) is -4.66. The second-order valence-electron chi connectivity index (χ2n) is 2.05. The SMILES string of the molecule is Nc1c([S-])nc(C(F)(F)F)nc1Cl. The van der Waals surface area contributed by atoms with Crippen molar-refractivity contribution in [3.05, 3.63) is 11.0 Å². The van der Waals surface area contributed by atoms with Gasteiger partial charge in [0.1, 0.15) is 0 Å². The zero-order valence-electron chi connectivity index (χ0n) is 5.89. The summed E-state index contributed by atoms with van der Waals surface area (Å²) in [7, 11) is 0. The minimum atomic E-state index is -4.66. The van der Waals surface area contributed by atoms with Crippen LogP contribution in [0, 0.1) is 0 Å². The molecular formula is C5H2ClF3N3S-. The van der Waals surface area contributed by atoms with E-state index in [0.29, 0.717) is 0 Å². The summed E-state index contributed by atoms with van der Waals surface area (Å²) in [5, 5.41) is -0.875. The molecule has 0 aromatic carbocycles. The van der Waals surface area contributed by atoms with Crippen LogP contribution in [0.15, 0.2) is 5.03 Å². The molecule has 0 bridgehead atoms. The maximum Gasteiger partial charge on any atom is 0.451 e. The second-order valence-corrected chi connectivity index (χ2v) is 2.80. The number of hydrogen-bond donors (Lipinski definition) is 1. The van der Waals surface area contributed by atoms with Crippen LogP contribution in [0.3, 0.4) is 0 Å². The molecule has 0 saturated carbocycles. The number of aromatic nitrogens is 2. The summed E-state index contributed by atoms with van der Waals surface area (Å²) in [5.74, 6) is -1.38. The molecule has 1 rings (SSSR count). The van der Waals surface area contributed by atoms with Crippen molar-refractivity contribution in [2.75, 3.05) is 5.73 Å². The van der Waals surface area contributed by atoms with Gasteiger partial charge in [0.15, 0.2) is 5.15 Å². The van der Waals surface area contributed by atoms with Crippen LogP contribution in [0.2, 0.25) is 5.15 Å². The fourth-order valence-electron chi connectivity index (χ4n) is 0.550. The van der Waals surface area contributed by atoms with E-state index in [1.807, 2.05) is 0 Å². The lowest BCUT2D eigenvalue weighted by atomic mass is 10.5. The number of alkyl halides is 3. The van der Waals surface area contributed by atoms with Gasteiger partial charge in [0.25, 0.3) is 0 Å². The first-order chi connectivity index (χ1) is 5.82. The quantitative estimate of drug-likeness (QED) is 0.542. The topological polar surface area (TPSA) is 51.8 Å². The lowest BCUT2D eigenvalue weighted by Crippen LogP contribution is -2.13. The summed E-state index contributed by atoms with van der Waals surface area (Å²) in [6.45, 7) is 0. The van der Waals surface area contributed by atoms with Crippen molar-refractivity contribution in [3.8, 4) is 0 Å². The van der Waals surface area contributed by atoms with Crippen LogP contribution in [-0.4, -0.2) is 9.97 Å². The first-order valence-corrected chi connectivity index (χ1v) is 3.68. The van der Waals surface area contributed by atoms with Crippen LogP contribution in [0.4, 0.5) is 18.9 Å². The van der Waals surface area contributed by atoms with E-state index < -0.39 is 22.2 Å². The van der Waals surface area contributed by atoms with Crippen molar-refractivity contribution >= 4 is 29.9 Å². The summed E-state index contributed by atoms with van der Waals surface area (Å²) >= 11 is 9.72. The van der Waals surface area contributed by atoms with Gasteiger partial charge in [-0.1, -0.05) is 16.6 Å². The average molecular weight is 229 g/mol. The van der Waals surface area contributed by atoms with Gasteiger partial charge >= 0.3 is 6.18 Å². The van der Waals surface area contributed by atoms with Gasteiger partial charge in [-0.2, -0.15) is 13.2 Å². The van der Waals surface area contributed by atoms with E-state index >= 15 is 0 Å². The number of nitrogens with zero attached hydrogens (tertiary/aromatic N) is 2. The molecule has 1 aromatic heterocycles. The number of anilines is 1. The molecule has 0 spiro atoms. The third-order valence-corrected chi connectivity index (χ3v) is 1.72. The molecule has 0 aliphatic heterocycles. The van der Waals surface area contributed by atoms with Gasteiger partial charge in [0.05, 0.1) is 5.69 Å². The normalized spacial score (nSPS) is 11.7. The number of hydrogen-bond acceptors (Lipinski definition) is 4. The summed E-state index contributed by atoms with van der Waals surface area (Å²) in [4.78, 5) is 5.92. The molecule has 0 saturated heterocycles. The third kappa shape index (κ3) is 2.10. The van der Waals surface area contributed by atoms with Crippen LogP contribution in [0.5, 0.6) is 0 Å². The van der Waals surface area contributed by atoms with E-state index in [4.69, 9.17) is 17.3 Å². The van der Waals surface area contributed by atoms with Crippen molar-refractivity contribution in [2.45, 2.75) is 11.2 Å². The van der Waals surface area contributed by atoms with Gasteiger partial charge in [-0.05, 0) is 0 Å². The number of rotatable bonds is 0. The molecule has 0 fully saturated rings. The molecule has 0 amide bonds. The predicted octanol–water partition coefficient (Wildman–Crippen LogP) is 1.64. The summed E-state index contributed by atoms with van der Waals surface area (Å²) in [5.41, 5.74) is 4.95. The van der Waals surface area contributed by atoms with Gasteiger partial charge in [-0.3, -0.25) is 4.98 Å². The summed E-state index contributed by atoms with van der Waals surface area (Å²) in [6, 6.07) is 0.